The third-order valence-corrected chi connectivity index (χ3v) is 2.98. The van der Waals surface area contributed by atoms with Crippen molar-refractivity contribution in [1.29, 1.82) is 0 Å². The van der Waals surface area contributed by atoms with Gasteiger partial charge in [-0.25, -0.2) is 0 Å². The average molecular weight is 276 g/mol. The Morgan fingerprint density at radius 1 is 1.11 bits per heavy atom. The number of benzene rings is 2. The first kappa shape index (κ1) is 13.9. The molecule has 0 amide bonds. The number of para-hydroxylation sites is 1. The van der Waals surface area contributed by atoms with Gasteiger partial charge in [0.2, 0.25) is 0 Å². The zero-order valence-electron chi connectivity index (χ0n) is 11.2. The van der Waals surface area contributed by atoms with Gasteiger partial charge in [0.05, 0.1) is 5.02 Å². The third-order valence-electron chi connectivity index (χ3n) is 2.68. The van der Waals surface area contributed by atoms with Gasteiger partial charge in [0, 0.05) is 12.6 Å². The molecule has 1 N–H and O–H groups in total. The molecule has 100 valence electrons. The van der Waals surface area contributed by atoms with Crippen LogP contribution in [0.1, 0.15) is 19.4 Å². The molecule has 0 bridgehead atoms. The predicted octanol–water partition coefficient (Wildman–Crippen LogP) is 4.63. The second-order valence-electron chi connectivity index (χ2n) is 4.72. The van der Waals surface area contributed by atoms with Crippen molar-refractivity contribution in [2.24, 2.45) is 0 Å². The van der Waals surface area contributed by atoms with E-state index in [9.17, 15) is 0 Å². The minimum atomic E-state index is 0.457. The van der Waals surface area contributed by atoms with Gasteiger partial charge in [-0.2, -0.15) is 0 Å². The molecule has 0 aromatic heterocycles. The van der Waals surface area contributed by atoms with Crippen LogP contribution < -0.4 is 10.1 Å². The minimum absolute atomic E-state index is 0.457. The smallest absolute Gasteiger partial charge is 0.146 e. The lowest BCUT2D eigenvalue weighted by atomic mass is 10.2. The number of halogens is 1. The second kappa shape index (κ2) is 6.60. The lowest BCUT2D eigenvalue weighted by molar-refractivity contribution is 0.482. The fourth-order valence-electron chi connectivity index (χ4n) is 1.67. The van der Waals surface area contributed by atoms with Crippen LogP contribution >= 0.6 is 11.6 Å². The van der Waals surface area contributed by atoms with E-state index >= 15 is 0 Å². The number of hydrogen-bond acceptors (Lipinski definition) is 2. The van der Waals surface area contributed by atoms with E-state index in [2.05, 4.69) is 19.2 Å². The lowest BCUT2D eigenvalue weighted by Gasteiger charge is -2.11. The van der Waals surface area contributed by atoms with Gasteiger partial charge in [0.15, 0.2) is 0 Å². The van der Waals surface area contributed by atoms with Gasteiger partial charge in [0.25, 0.3) is 0 Å². The van der Waals surface area contributed by atoms with Crippen molar-refractivity contribution in [1.82, 2.24) is 5.32 Å². The number of nitrogens with one attached hydrogen (secondary N) is 1. The molecule has 19 heavy (non-hydrogen) atoms. The number of rotatable bonds is 5. The fraction of sp³-hybridized carbons (Fsp3) is 0.250. The van der Waals surface area contributed by atoms with Gasteiger partial charge in [0.1, 0.15) is 11.5 Å². The Labute approximate surface area is 119 Å². The third kappa shape index (κ3) is 4.27. The van der Waals surface area contributed by atoms with Crippen molar-refractivity contribution in [3.8, 4) is 11.5 Å². The van der Waals surface area contributed by atoms with Crippen molar-refractivity contribution in [3.63, 3.8) is 0 Å². The second-order valence-corrected chi connectivity index (χ2v) is 5.12. The van der Waals surface area contributed by atoms with Crippen LogP contribution in [0.25, 0.3) is 0 Å². The molecule has 3 heteroatoms. The molecule has 0 saturated carbocycles. The molecule has 0 unspecified atom stereocenters. The monoisotopic (exact) mass is 275 g/mol. The number of ether oxygens (including phenoxy) is 1. The van der Waals surface area contributed by atoms with Gasteiger partial charge in [-0.05, 0) is 29.8 Å². The van der Waals surface area contributed by atoms with E-state index in [-0.39, 0.29) is 0 Å². The molecule has 0 spiro atoms. The fourth-order valence-corrected chi connectivity index (χ4v) is 1.92. The van der Waals surface area contributed by atoms with E-state index < -0.39 is 0 Å². The SMILES string of the molecule is CC(C)NCc1ccc(Oc2ccccc2)c(Cl)c1. The van der Waals surface area contributed by atoms with Crippen LogP contribution in [0.3, 0.4) is 0 Å². The van der Waals surface area contributed by atoms with E-state index in [0.29, 0.717) is 16.8 Å². The highest BCUT2D eigenvalue weighted by Crippen LogP contribution is 2.29. The summed E-state index contributed by atoms with van der Waals surface area (Å²) in [6.45, 7) is 5.05. The highest BCUT2D eigenvalue weighted by molar-refractivity contribution is 6.32. The van der Waals surface area contributed by atoms with Crippen molar-refractivity contribution < 1.29 is 4.74 Å². The first-order chi connectivity index (χ1) is 9.15. The van der Waals surface area contributed by atoms with Gasteiger partial charge in [-0.1, -0.05) is 49.7 Å². The summed E-state index contributed by atoms with van der Waals surface area (Å²) < 4.78 is 5.74. The topological polar surface area (TPSA) is 21.3 Å². The van der Waals surface area contributed by atoms with Gasteiger partial charge in [-0.3, -0.25) is 0 Å². The summed E-state index contributed by atoms with van der Waals surface area (Å²) in [6, 6.07) is 16.0. The molecule has 2 aromatic carbocycles. The lowest BCUT2D eigenvalue weighted by Crippen LogP contribution is -2.21. The van der Waals surface area contributed by atoms with Crippen molar-refractivity contribution >= 4 is 11.6 Å². The standard InChI is InChI=1S/C16H18ClNO/c1-12(2)18-11-13-8-9-16(15(17)10-13)19-14-6-4-3-5-7-14/h3-10,12,18H,11H2,1-2H3. The molecule has 2 nitrogen and oxygen atoms in total. The van der Waals surface area contributed by atoms with Crippen LogP contribution in [0, 0.1) is 0 Å². The van der Waals surface area contributed by atoms with Gasteiger partial charge in [-0.15, -0.1) is 0 Å². The Kier molecular flexibility index (Phi) is 4.83. The molecular formula is C16H18ClNO. The van der Waals surface area contributed by atoms with E-state index in [1.54, 1.807) is 0 Å². The molecule has 0 heterocycles. The molecule has 2 rings (SSSR count). The summed E-state index contributed by atoms with van der Waals surface area (Å²) >= 11 is 6.24. The zero-order chi connectivity index (χ0) is 13.7. The predicted molar refractivity (Wildman–Crippen MR) is 79.9 cm³/mol. The molecule has 0 fully saturated rings. The van der Waals surface area contributed by atoms with Crippen LogP contribution in [-0.4, -0.2) is 6.04 Å². The van der Waals surface area contributed by atoms with Crippen molar-refractivity contribution in [2.45, 2.75) is 26.4 Å². The summed E-state index contributed by atoms with van der Waals surface area (Å²) in [5.74, 6) is 1.47. The molecule has 0 aliphatic heterocycles. The van der Waals surface area contributed by atoms with E-state index in [1.165, 1.54) is 0 Å². The quantitative estimate of drug-likeness (QED) is 0.859. The maximum Gasteiger partial charge on any atom is 0.146 e. The summed E-state index contributed by atoms with van der Waals surface area (Å²) in [7, 11) is 0. The van der Waals surface area contributed by atoms with E-state index in [1.807, 2.05) is 48.5 Å². The summed E-state index contributed by atoms with van der Waals surface area (Å²) in [4.78, 5) is 0. The maximum absolute atomic E-state index is 6.24. The summed E-state index contributed by atoms with van der Waals surface area (Å²) in [6.07, 6.45) is 0. The first-order valence-electron chi connectivity index (χ1n) is 6.40. The zero-order valence-corrected chi connectivity index (χ0v) is 11.9. The van der Waals surface area contributed by atoms with Crippen LogP contribution in [0.4, 0.5) is 0 Å². The highest BCUT2D eigenvalue weighted by Gasteiger charge is 2.04. The van der Waals surface area contributed by atoms with E-state index in [4.69, 9.17) is 16.3 Å². The Morgan fingerprint density at radius 3 is 2.47 bits per heavy atom. The molecule has 0 saturated heterocycles. The molecule has 0 radical (unpaired) electrons. The van der Waals surface area contributed by atoms with E-state index in [0.717, 1.165) is 17.9 Å². The van der Waals surface area contributed by atoms with Crippen LogP contribution in [0.15, 0.2) is 48.5 Å². The molecule has 0 aliphatic rings. The Balaban J connectivity index is 2.07. The largest absolute Gasteiger partial charge is 0.456 e. The van der Waals surface area contributed by atoms with Crippen LogP contribution in [0.5, 0.6) is 11.5 Å². The highest BCUT2D eigenvalue weighted by atomic mass is 35.5. The normalized spacial score (nSPS) is 10.7. The summed E-state index contributed by atoms with van der Waals surface area (Å²) in [5, 5.41) is 3.99. The Bertz CT molecular complexity index is 526. The molecule has 2 aromatic rings. The molecule has 0 aliphatic carbocycles. The Morgan fingerprint density at radius 2 is 1.84 bits per heavy atom. The van der Waals surface area contributed by atoms with Crippen LogP contribution in [0.2, 0.25) is 5.02 Å². The molecular weight excluding hydrogens is 258 g/mol. The number of hydrogen-bond donors (Lipinski definition) is 1. The van der Waals surface area contributed by atoms with Crippen LogP contribution in [-0.2, 0) is 6.54 Å². The first-order valence-corrected chi connectivity index (χ1v) is 6.77. The average Bonchev–Trinajstić information content (AvgIpc) is 2.40. The maximum atomic E-state index is 6.24. The van der Waals surface area contributed by atoms with Gasteiger partial charge >= 0.3 is 0 Å². The Hall–Kier alpha value is -1.51. The van der Waals surface area contributed by atoms with Crippen molar-refractivity contribution in [2.75, 3.05) is 0 Å². The summed E-state index contributed by atoms with van der Waals surface area (Å²) in [5.41, 5.74) is 1.15. The van der Waals surface area contributed by atoms with Crippen molar-refractivity contribution in [3.05, 3.63) is 59.1 Å². The molecule has 0 atom stereocenters. The van der Waals surface area contributed by atoms with Gasteiger partial charge < -0.3 is 10.1 Å². The minimum Gasteiger partial charge on any atom is -0.456 e.